The van der Waals surface area contributed by atoms with Gasteiger partial charge in [-0.05, 0) is 37.6 Å². The van der Waals surface area contributed by atoms with Crippen molar-refractivity contribution in [3.8, 4) is 5.69 Å². The van der Waals surface area contributed by atoms with E-state index in [2.05, 4.69) is 4.98 Å². The first-order valence-corrected chi connectivity index (χ1v) is 6.95. The molecule has 0 radical (unpaired) electrons. The summed E-state index contributed by atoms with van der Waals surface area (Å²) in [7, 11) is 0. The number of rotatable bonds is 2. The third-order valence-electron chi connectivity index (χ3n) is 3.55. The van der Waals surface area contributed by atoms with Crippen molar-refractivity contribution in [1.29, 1.82) is 0 Å². The maximum absolute atomic E-state index is 13.8. The minimum absolute atomic E-state index is 0.224. The molecule has 3 aromatic rings. The summed E-state index contributed by atoms with van der Waals surface area (Å²) < 4.78 is 15.8. The van der Waals surface area contributed by atoms with E-state index in [0.717, 1.165) is 28.1 Å². The second-order valence-electron chi connectivity index (χ2n) is 4.82. The molecule has 20 heavy (non-hydrogen) atoms. The molecule has 1 heterocycles. The Labute approximate surface area is 121 Å². The fourth-order valence-corrected chi connectivity index (χ4v) is 2.71. The quantitative estimate of drug-likeness (QED) is 0.634. The van der Waals surface area contributed by atoms with Crippen LogP contribution in [0.3, 0.4) is 0 Å². The number of para-hydroxylation sites is 1. The van der Waals surface area contributed by atoms with Crippen LogP contribution in [0.25, 0.3) is 16.7 Å². The Kier molecular flexibility index (Phi) is 3.22. The Balaban J connectivity index is 2.43. The van der Waals surface area contributed by atoms with Gasteiger partial charge >= 0.3 is 0 Å². The summed E-state index contributed by atoms with van der Waals surface area (Å²) in [5.74, 6) is 0.785. The fraction of sp³-hybridized carbons (Fsp3) is 0.188. The Morgan fingerprint density at radius 3 is 2.65 bits per heavy atom. The summed E-state index contributed by atoms with van der Waals surface area (Å²) in [5.41, 5.74) is 4.34. The van der Waals surface area contributed by atoms with Crippen LogP contribution in [-0.4, -0.2) is 9.55 Å². The van der Waals surface area contributed by atoms with Crippen molar-refractivity contribution in [1.82, 2.24) is 9.55 Å². The average Bonchev–Trinajstić information content (AvgIpc) is 2.82. The van der Waals surface area contributed by atoms with Crippen molar-refractivity contribution in [2.75, 3.05) is 0 Å². The van der Waals surface area contributed by atoms with E-state index in [9.17, 15) is 4.39 Å². The summed E-state index contributed by atoms with van der Waals surface area (Å²) in [4.78, 5) is 4.55. The summed E-state index contributed by atoms with van der Waals surface area (Å²) >= 11 is 6.02. The van der Waals surface area contributed by atoms with Crippen LogP contribution in [0.1, 0.15) is 17.0 Å². The molecule has 0 aliphatic heterocycles. The van der Waals surface area contributed by atoms with Gasteiger partial charge in [-0.2, -0.15) is 0 Å². The average molecular weight is 289 g/mol. The van der Waals surface area contributed by atoms with Crippen LogP contribution in [0.15, 0.2) is 36.4 Å². The summed E-state index contributed by atoms with van der Waals surface area (Å²) in [5, 5.41) is 0. The Morgan fingerprint density at radius 1 is 1.15 bits per heavy atom. The molecule has 1 aromatic heterocycles. The van der Waals surface area contributed by atoms with Crippen LogP contribution in [0.4, 0.5) is 4.39 Å². The van der Waals surface area contributed by atoms with Crippen LogP contribution in [0, 0.1) is 19.7 Å². The number of halogens is 2. The molecule has 2 nitrogen and oxygen atoms in total. The lowest BCUT2D eigenvalue weighted by Gasteiger charge is -2.12. The van der Waals surface area contributed by atoms with Gasteiger partial charge in [-0.15, -0.1) is 11.6 Å². The SMILES string of the molecule is Cc1c(F)cccc1-n1c(CCl)nc2cccc(C)c21. The van der Waals surface area contributed by atoms with Gasteiger partial charge in [-0.25, -0.2) is 9.37 Å². The zero-order chi connectivity index (χ0) is 14.3. The standard InChI is InChI=1S/C16H14ClFN2/c1-10-5-3-7-13-16(10)20(15(9-17)19-13)14-8-4-6-12(18)11(14)2/h3-8H,9H2,1-2H3. The number of aromatic nitrogens is 2. The number of benzene rings is 2. The van der Waals surface area contributed by atoms with E-state index in [-0.39, 0.29) is 11.7 Å². The maximum atomic E-state index is 13.8. The highest BCUT2D eigenvalue weighted by molar-refractivity contribution is 6.17. The number of alkyl halides is 1. The molecule has 0 saturated heterocycles. The lowest BCUT2D eigenvalue weighted by molar-refractivity contribution is 0.617. The Morgan fingerprint density at radius 2 is 1.90 bits per heavy atom. The van der Waals surface area contributed by atoms with Gasteiger partial charge in [0, 0.05) is 5.56 Å². The monoisotopic (exact) mass is 288 g/mol. The normalized spacial score (nSPS) is 11.2. The van der Waals surface area contributed by atoms with E-state index in [0.29, 0.717) is 5.56 Å². The third-order valence-corrected chi connectivity index (χ3v) is 3.79. The topological polar surface area (TPSA) is 17.8 Å². The smallest absolute Gasteiger partial charge is 0.129 e. The van der Waals surface area contributed by atoms with Crippen molar-refractivity contribution >= 4 is 22.6 Å². The number of fused-ring (bicyclic) bond motifs is 1. The largest absolute Gasteiger partial charge is 0.295 e. The molecular formula is C16H14ClFN2. The highest BCUT2D eigenvalue weighted by atomic mass is 35.5. The molecule has 0 spiro atoms. The second-order valence-corrected chi connectivity index (χ2v) is 5.09. The molecule has 102 valence electrons. The molecule has 0 aliphatic rings. The second kappa shape index (κ2) is 4.91. The molecule has 3 rings (SSSR count). The van der Waals surface area contributed by atoms with Crippen molar-refractivity contribution in [2.45, 2.75) is 19.7 Å². The van der Waals surface area contributed by atoms with E-state index in [4.69, 9.17) is 11.6 Å². The number of hydrogen-bond acceptors (Lipinski definition) is 1. The van der Waals surface area contributed by atoms with E-state index in [1.165, 1.54) is 6.07 Å². The van der Waals surface area contributed by atoms with Gasteiger partial charge in [0.1, 0.15) is 11.6 Å². The van der Waals surface area contributed by atoms with Gasteiger partial charge in [-0.3, -0.25) is 4.57 Å². The first-order chi connectivity index (χ1) is 9.63. The minimum atomic E-state index is -0.224. The molecule has 2 aromatic carbocycles. The lowest BCUT2D eigenvalue weighted by atomic mass is 10.1. The van der Waals surface area contributed by atoms with Crippen molar-refractivity contribution in [2.24, 2.45) is 0 Å². The number of imidazole rings is 1. The maximum Gasteiger partial charge on any atom is 0.129 e. The van der Waals surface area contributed by atoms with Crippen molar-refractivity contribution in [3.63, 3.8) is 0 Å². The van der Waals surface area contributed by atoms with Crippen LogP contribution < -0.4 is 0 Å². The first-order valence-electron chi connectivity index (χ1n) is 6.42. The number of nitrogens with zero attached hydrogens (tertiary/aromatic N) is 2. The van der Waals surface area contributed by atoms with Gasteiger partial charge in [0.05, 0.1) is 22.6 Å². The van der Waals surface area contributed by atoms with Crippen LogP contribution in [0.2, 0.25) is 0 Å². The molecule has 4 heteroatoms. The zero-order valence-corrected chi connectivity index (χ0v) is 12.1. The molecule has 0 saturated carbocycles. The summed E-state index contributed by atoms with van der Waals surface area (Å²) in [6.07, 6.45) is 0. The highest BCUT2D eigenvalue weighted by Gasteiger charge is 2.16. The molecule has 0 atom stereocenters. The Hall–Kier alpha value is -1.87. The minimum Gasteiger partial charge on any atom is -0.295 e. The van der Waals surface area contributed by atoms with Crippen LogP contribution in [0.5, 0.6) is 0 Å². The predicted octanol–water partition coefficient (Wildman–Crippen LogP) is 4.52. The molecule has 0 bridgehead atoms. The van der Waals surface area contributed by atoms with E-state index in [1.807, 2.05) is 35.8 Å². The number of aryl methyl sites for hydroxylation is 1. The van der Waals surface area contributed by atoms with Gasteiger partial charge in [-0.1, -0.05) is 18.2 Å². The van der Waals surface area contributed by atoms with Crippen molar-refractivity contribution in [3.05, 3.63) is 59.2 Å². The van der Waals surface area contributed by atoms with Crippen LogP contribution in [-0.2, 0) is 5.88 Å². The van der Waals surface area contributed by atoms with E-state index < -0.39 is 0 Å². The molecule has 0 unspecified atom stereocenters. The first kappa shape index (κ1) is 13.1. The zero-order valence-electron chi connectivity index (χ0n) is 11.3. The van der Waals surface area contributed by atoms with Crippen LogP contribution >= 0.6 is 11.6 Å². The van der Waals surface area contributed by atoms with Gasteiger partial charge < -0.3 is 0 Å². The molecular weight excluding hydrogens is 275 g/mol. The molecule has 0 fully saturated rings. The molecule has 0 aliphatic carbocycles. The van der Waals surface area contributed by atoms with E-state index in [1.54, 1.807) is 13.0 Å². The highest BCUT2D eigenvalue weighted by Crippen LogP contribution is 2.27. The Bertz CT molecular complexity index is 793. The van der Waals surface area contributed by atoms with Gasteiger partial charge in [0.2, 0.25) is 0 Å². The van der Waals surface area contributed by atoms with Crippen molar-refractivity contribution < 1.29 is 4.39 Å². The number of hydrogen-bond donors (Lipinski definition) is 0. The molecule has 0 N–H and O–H groups in total. The fourth-order valence-electron chi connectivity index (χ4n) is 2.53. The van der Waals surface area contributed by atoms with Gasteiger partial charge in [0.25, 0.3) is 0 Å². The summed E-state index contributed by atoms with van der Waals surface area (Å²) in [6, 6.07) is 11.0. The van der Waals surface area contributed by atoms with Gasteiger partial charge in [0.15, 0.2) is 0 Å². The lowest BCUT2D eigenvalue weighted by Crippen LogP contribution is -2.03. The molecule has 0 amide bonds. The predicted molar refractivity (Wildman–Crippen MR) is 80.1 cm³/mol. The summed E-state index contributed by atoms with van der Waals surface area (Å²) in [6.45, 7) is 3.79. The third kappa shape index (κ3) is 1.90. The van der Waals surface area contributed by atoms with E-state index >= 15 is 0 Å².